The molecule has 4 heavy (non-hydrogen) atoms. The third-order valence-corrected chi connectivity index (χ3v) is 0. The average Bonchev–Trinajstić information content (AvgIpc) is 0.918. The second-order valence-corrected chi connectivity index (χ2v) is 9.98. The molecule has 0 bridgehead atoms. The zero-order chi connectivity index (χ0) is 2.71. The maximum atomic E-state index is 3.17. The number of rotatable bonds is 0. The van der Waals surface area contributed by atoms with E-state index in [0.717, 1.165) is 0 Å². The molecule has 0 amide bonds. The van der Waals surface area contributed by atoms with Crippen LogP contribution in [0.15, 0.2) is 0 Å². The van der Waals surface area contributed by atoms with Gasteiger partial charge in [0.15, 0.2) is 0 Å². The van der Waals surface area contributed by atoms with Crippen LogP contribution in [0.1, 0.15) is 0 Å². The molecule has 0 fully saturated rings. The summed E-state index contributed by atoms with van der Waals surface area (Å²) in [6.45, 7) is 0. The van der Waals surface area contributed by atoms with E-state index >= 15 is 0 Å². The van der Waals surface area contributed by atoms with Crippen molar-refractivity contribution >= 4 is 26.6 Å². The predicted molar refractivity (Wildman–Crippen MR) is 17.9 cm³/mol. The molecule has 0 saturated carbocycles. The second-order valence-electron chi connectivity index (χ2n) is 0.0452. The SMILES string of the molecule is [Br][Pt][Br].[Pt]. The predicted octanol–water partition coefficient (Wildman–Crippen LogP) is 1.69. The maximum absolute atomic E-state index is 3.17. The van der Waals surface area contributed by atoms with E-state index in [4.69, 9.17) is 0 Å². The fourth-order valence-corrected chi connectivity index (χ4v) is 0. The van der Waals surface area contributed by atoms with Crippen LogP contribution in [0.25, 0.3) is 0 Å². The van der Waals surface area contributed by atoms with E-state index in [2.05, 4.69) is 26.6 Å². The molecule has 0 aliphatic heterocycles. The Hall–Kier alpha value is 2.34. The first-order chi connectivity index (χ1) is 1.41. The molecule has 0 aromatic rings. The van der Waals surface area contributed by atoms with Gasteiger partial charge in [0.05, 0.1) is 0 Å². The quantitative estimate of drug-likeness (QED) is 0.432. The van der Waals surface area contributed by atoms with E-state index in [1.165, 1.54) is 0 Å². The zero-order valence-electron chi connectivity index (χ0n) is 1.39. The van der Waals surface area contributed by atoms with Crippen LogP contribution < -0.4 is 0 Å². The molecule has 0 N–H and O–H groups in total. The van der Waals surface area contributed by atoms with Gasteiger partial charge in [-0.25, -0.2) is 0 Å². The summed E-state index contributed by atoms with van der Waals surface area (Å²) in [5.74, 6) is 0. The topological polar surface area (TPSA) is 0 Å². The molecular weight excluding hydrogens is 550 g/mol. The summed E-state index contributed by atoms with van der Waals surface area (Å²) in [7, 11) is 0. The molecule has 0 aliphatic carbocycles. The Labute approximate surface area is 61.2 Å². The van der Waals surface area contributed by atoms with Crippen molar-refractivity contribution in [2.45, 2.75) is 0 Å². The van der Waals surface area contributed by atoms with Gasteiger partial charge in [0.25, 0.3) is 0 Å². The van der Waals surface area contributed by atoms with Crippen LogP contribution >= 0.6 is 26.6 Å². The normalized spacial score (nSPS) is 5.50. The van der Waals surface area contributed by atoms with E-state index in [9.17, 15) is 0 Å². The molecule has 0 spiro atoms. The first kappa shape index (κ1) is 9.60. The number of halogens is 2. The largest absolute Gasteiger partial charge is 0 e. The third-order valence-electron chi connectivity index (χ3n) is 0. The molecule has 0 saturated heterocycles. The molecule has 0 atom stereocenters. The van der Waals surface area contributed by atoms with Gasteiger partial charge in [-0.15, -0.1) is 0 Å². The molecule has 0 aliphatic rings. The van der Waals surface area contributed by atoms with Crippen molar-refractivity contribution in [2.24, 2.45) is 0 Å². The Morgan fingerprint density at radius 3 is 1.25 bits per heavy atom. The summed E-state index contributed by atoms with van der Waals surface area (Å²) in [6.07, 6.45) is 0. The van der Waals surface area contributed by atoms with Gasteiger partial charge in [0.1, 0.15) is 0 Å². The molecule has 4 heteroatoms. The average molecular weight is 550 g/mol. The van der Waals surface area contributed by atoms with E-state index < -0.39 is 0 Å². The van der Waals surface area contributed by atoms with E-state index in [-0.39, 0.29) is 35.5 Å². The first-order valence-corrected chi connectivity index (χ1v) is 10.2. The molecule has 34 valence electrons. The minimum Gasteiger partial charge on any atom is 0 e. The van der Waals surface area contributed by atoms with Gasteiger partial charge in [-0.05, 0) is 0 Å². The van der Waals surface area contributed by atoms with Gasteiger partial charge in [-0.1, -0.05) is 0 Å². The van der Waals surface area contributed by atoms with Crippen molar-refractivity contribution in [3.05, 3.63) is 0 Å². The summed E-state index contributed by atoms with van der Waals surface area (Å²) in [6, 6.07) is 0. The monoisotopic (exact) mass is 548 g/mol. The first-order valence-electron chi connectivity index (χ1n) is 0.239. The van der Waals surface area contributed by atoms with Crippen molar-refractivity contribution in [1.29, 1.82) is 0 Å². The van der Waals surface area contributed by atoms with E-state index in [1.807, 2.05) is 0 Å². The van der Waals surface area contributed by atoms with Crippen LogP contribution in [0.5, 0.6) is 0 Å². The standard InChI is InChI=1S/2BrH.2Pt/h2*1H;;/q;;;+2/p-2. The Morgan fingerprint density at radius 1 is 1.25 bits per heavy atom. The van der Waals surface area contributed by atoms with Crippen molar-refractivity contribution in [1.82, 2.24) is 0 Å². The van der Waals surface area contributed by atoms with Crippen molar-refractivity contribution in [3.63, 3.8) is 0 Å². The van der Waals surface area contributed by atoms with E-state index in [0.29, 0.717) is 0 Å². The number of hydrogen-bond acceptors (Lipinski definition) is 0. The minimum atomic E-state index is 0. The third kappa shape index (κ3) is 8.84. The fraction of sp³-hybridized carbons (Fsp3) is 0. The van der Waals surface area contributed by atoms with Crippen LogP contribution in [-0.2, 0) is 35.5 Å². The van der Waals surface area contributed by atoms with Crippen molar-refractivity contribution in [2.75, 3.05) is 0 Å². The molecule has 0 unspecified atom stereocenters. The molecule has 0 nitrogen and oxygen atoms in total. The van der Waals surface area contributed by atoms with Crippen LogP contribution in [0, 0.1) is 0 Å². The maximum Gasteiger partial charge on any atom is 0 e. The molecule has 0 aromatic heterocycles. The van der Waals surface area contributed by atoms with Gasteiger partial charge in [-0.2, -0.15) is 0 Å². The summed E-state index contributed by atoms with van der Waals surface area (Å²) >= 11 is 6.56. The summed E-state index contributed by atoms with van der Waals surface area (Å²) in [5.41, 5.74) is 0. The van der Waals surface area contributed by atoms with Gasteiger partial charge < -0.3 is 0 Å². The van der Waals surface area contributed by atoms with Crippen molar-refractivity contribution < 1.29 is 35.5 Å². The zero-order valence-corrected chi connectivity index (χ0v) is 9.10. The van der Waals surface area contributed by atoms with Crippen LogP contribution in [-0.4, -0.2) is 0 Å². The molecule has 0 aromatic carbocycles. The molecule has 0 radical (unpaired) electrons. The molecule has 0 heterocycles. The Bertz CT molecular complexity index is 4.00. The van der Waals surface area contributed by atoms with Crippen LogP contribution in [0.3, 0.4) is 0 Å². The summed E-state index contributed by atoms with van der Waals surface area (Å²) in [5, 5.41) is 0. The Morgan fingerprint density at radius 2 is 1.25 bits per heavy atom. The molecular formula is Br2Pt2. The number of hydrogen-bond donors (Lipinski definition) is 0. The van der Waals surface area contributed by atoms with Crippen LogP contribution in [0.4, 0.5) is 0 Å². The Kier molecular flexibility index (Phi) is 21.6. The van der Waals surface area contributed by atoms with E-state index in [1.54, 1.807) is 0 Å². The van der Waals surface area contributed by atoms with Gasteiger partial charge in [-0.3, -0.25) is 0 Å². The molecule has 0 rings (SSSR count). The smallest absolute Gasteiger partial charge is 0 e. The van der Waals surface area contributed by atoms with Gasteiger partial charge >= 0.3 is 41.0 Å². The fourth-order valence-electron chi connectivity index (χ4n) is 0. The summed E-state index contributed by atoms with van der Waals surface area (Å²) in [4.78, 5) is 0. The minimum absolute atomic E-state index is 0. The van der Waals surface area contributed by atoms with Gasteiger partial charge in [0.2, 0.25) is 0 Å². The van der Waals surface area contributed by atoms with Crippen molar-refractivity contribution in [3.8, 4) is 0 Å². The van der Waals surface area contributed by atoms with Gasteiger partial charge in [0, 0.05) is 21.1 Å². The summed E-state index contributed by atoms with van der Waals surface area (Å²) < 4.78 is 0. The second kappa shape index (κ2) is 9.01. The Balaban J connectivity index is 0. The van der Waals surface area contributed by atoms with Crippen LogP contribution in [0.2, 0.25) is 0 Å².